The highest BCUT2D eigenvalue weighted by Crippen LogP contribution is 2.23. The fourth-order valence-electron chi connectivity index (χ4n) is 7.96. The van der Waals surface area contributed by atoms with Gasteiger partial charge in [-0.1, -0.05) is 193 Å². The Hall–Kier alpha value is -1.15. The van der Waals surface area contributed by atoms with Crippen LogP contribution in [0, 0.1) is 0 Å². The van der Waals surface area contributed by atoms with Gasteiger partial charge in [-0.15, -0.1) is 0 Å². The Morgan fingerprint density at radius 3 is 1.46 bits per heavy atom. The molecule has 1 heterocycles. The summed E-state index contributed by atoms with van der Waals surface area (Å²) < 4.78 is 11.1. The Bertz CT molecular complexity index is 970. The van der Waals surface area contributed by atoms with Gasteiger partial charge in [0.1, 0.15) is 36.6 Å². The highest BCUT2D eigenvalue weighted by atomic mass is 16.7. The average molecular weight is 844 g/mol. The molecule has 1 amide bonds. The van der Waals surface area contributed by atoms with Crippen LogP contribution in [0.4, 0.5) is 0 Å². The van der Waals surface area contributed by atoms with Gasteiger partial charge in [-0.25, -0.2) is 0 Å². The van der Waals surface area contributed by atoms with Crippen LogP contribution in [-0.2, 0) is 14.3 Å². The van der Waals surface area contributed by atoms with Crippen LogP contribution in [0.3, 0.4) is 0 Å². The topological polar surface area (TPSA) is 189 Å². The summed E-state index contributed by atoms with van der Waals surface area (Å²) in [5.41, 5.74) is 0. The number of rotatable bonds is 41. The molecular formula is C48H93NO10. The number of hydrogen-bond acceptors (Lipinski definition) is 10. The molecule has 0 aromatic heterocycles. The smallest absolute Gasteiger partial charge is 0.249 e. The summed E-state index contributed by atoms with van der Waals surface area (Å²) in [4.78, 5) is 13.1. The van der Waals surface area contributed by atoms with Gasteiger partial charge in [-0.05, 0) is 38.5 Å². The molecule has 1 fully saturated rings. The molecule has 0 aromatic rings. The molecule has 0 aliphatic carbocycles. The van der Waals surface area contributed by atoms with Gasteiger partial charge in [-0.2, -0.15) is 0 Å². The molecule has 0 unspecified atom stereocenters. The lowest BCUT2D eigenvalue weighted by Gasteiger charge is -2.40. The fourth-order valence-corrected chi connectivity index (χ4v) is 7.96. The zero-order chi connectivity index (χ0) is 43.4. The molecule has 59 heavy (non-hydrogen) atoms. The molecular weight excluding hydrogens is 751 g/mol. The molecule has 1 rings (SSSR count). The van der Waals surface area contributed by atoms with Crippen LogP contribution in [0.5, 0.6) is 0 Å². The Balaban J connectivity index is 2.38. The maximum Gasteiger partial charge on any atom is 0.249 e. The molecule has 1 saturated heterocycles. The number of allylic oxidation sites excluding steroid dienone is 2. The standard InChI is InChI=1S/C48H93NO10/c1-3-5-7-9-11-13-15-17-18-19-20-21-22-23-24-26-28-30-32-34-36-41(52)47(57)49-39(38-58-48-46(56)45(55)44(54)42(37-50)59-48)43(53)40(51)35-33-31-29-27-25-16-14-12-10-8-6-4-2/h12,14,39-46,48,50-56H,3-11,13,15-38H2,1-2H3,(H,49,57)/b14-12-/t39-,40+,41+,42+,43-,44+,45-,46+,48+/m0/s1. The quantitative estimate of drug-likeness (QED) is 0.0219. The van der Waals surface area contributed by atoms with E-state index in [1.165, 1.54) is 122 Å². The van der Waals surface area contributed by atoms with Crippen molar-refractivity contribution in [2.24, 2.45) is 0 Å². The average Bonchev–Trinajstić information content (AvgIpc) is 3.23. The van der Waals surface area contributed by atoms with Crippen molar-refractivity contribution in [2.75, 3.05) is 13.2 Å². The monoisotopic (exact) mass is 844 g/mol. The van der Waals surface area contributed by atoms with Crippen LogP contribution in [0.15, 0.2) is 12.2 Å². The predicted molar refractivity (Wildman–Crippen MR) is 238 cm³/mol. The van der Waals surface area contributed by atoms with Crippen LogP contribution in [0.25, 0.3) is 0 Å². The van der Waals surface area contributed by atoms with E-state index in [0.717, 1.165) is 57.8 Å². The Morgan fingerprint density at radius 1 is 0.576 bits per heavy atom. The fraction of sp³-hybridized carbons (Fsp3) is 0.938. The lowest BCUT2D eigenvalue weighted by Crippen LogP contribution is -2.60. The molecule has 0 saturated carbocycles. The van der Waals surface area contributed by atoms with Gasteiger partial charge in [0.15, 0.2) is 6.29 Å². The summed E-state index contributed by atoms with van der Waals surface area (Å²) in [5, 5.41) is 75.7. The lowest BCUT2D eigenvalue weighted by atomic mass is 9.98. The van der Waals surface area contributed by atoms with Crippen molar-refractivity contribution < 1.29 is 50.0 Å². The van der Waals surface area contributed by atoms with Crippen molar-refractivity contribution in [1.29, 1.82) is 0 Å². The third kappa shape index (κ3) is 28.2. The molecule has 0 aromatic carbocycles. The molecule has 11 nitrogen and oxygen atoms in total. The summed E-state index contributed by atoms with van der Waals surface area (Å²) in [6.07, 6.45) is 29.8. The van der Waals surface area contributed by atoms with Gasteiger partial charge >= 0.3 is 0 Å². The number of nitrogens with one attached hydrogen (secondary N) is 1. The highest BCUT2D eigenvalue weighted by molar-refractivity contribution is 5.80. The molecule has 9 atom stereocenters. The number of ether oxygens (including phenoxy) is 2. The van der Waals surface area contributed by atoms with Crippen molar-refractivity contribution in [3.05, 3.63) is 12.2 Å². The maximum absolute atomic E-state index is 13.1. The van der Waals surface area contributed by atoms with E-state index in [9.17, 15) is 40.5 Å². The second-order valence-corrected chi connectivity index (χ2v) is 17.5. The predicted octanol–water partition coefficient (Wildman–Crippen LogP) is 8.45. The zero-order valence-electron chi connectivity index (χ0n) is 37.7. The minimum atomic E-state index is -1.66. The summed E-state index contributed by atoms with van der Waals surface area (Å²) in [7, 11) is 0. The molecule has 0 bridgehead atoms. The summed E-state index contributed by atoms with van der Waals surface area (Å²) in [6, 6.07) is -1.17. The highest BCUT2D eigenvalue weighted by Gasteiger charge is 2.44. The van der Waals surface area contributed by atoms with E-state index in [0.29, 0.717) is 19.3 Å². The van der Waals surface area contributed by atoms with Crippen molar-refractivity contribution in [3.63, 3.8) is 0 Å². The number of amides is 1. The third-order valence-corrected chi connectivity index (χ3v) is 12.1. The number of aliphatic hydroxyl groups is 7. The molecule has 11 heteroatoms. The molecule has 0 radical (unpaired) electrons. The van der Waals surface area contributed by atoms with E-state index in [-0.39, 0.29) is 6.42 Å². The van der Waals surface area contributed by atoms with Gasteiger partial charge in [0, 0.05) is 0 Å². The van der Waals surface area contributed by atoms with E-state index in [1.807, 2.05) is 0 Å². The van der Waals surface area contributed by atoms with Crippen molar-refractivity contribution in [3.8, 4) is 0 Å². The largest absolute Gasteiger partial charge is 0.394 e. The molecule has 1 aliphatic rings. The normalized spacial score (nSPS) is 21.8. The number of carbonyl (C=O) groups excluding carboxylic acids is 1. The second-order valence-electron chi connectivity index (χ2n) is 17.5. The van der Waals surface area contributed by atoms with E-state index >= 15 is 0 Å². The SMILES string of the molecule is CCCCC/C=C\CCCCCCC[C@@H](O)[C@@H](O)[C@H](CO[C@@H]1O[C@H](CO)[C@@H](O)[C@H](O)[C@H]1O)NC(=O)[C@H](O)CCCCCCCCCCCCCCCCCCCCCC. The van der Waals surface area contributed by atoms with Crippen LogP contribution in [-0.4, -0.2) is 110 Å². The van der Waals surface area contributed by atoms with E-state index in [2.05, 4.69) is 31.3 Å². The van der Waals surface area contributed by atoms with Crippen LogP contribution in [0.1, 0.15) is 219 Å². The van der Waals surface area contributed by atoms with Crippen LogP contribution in [0.2, 0.25) is 0 Å². The van der Waals surface area contributed by atoms with Gasteiger partial charge in [0.05, 0.1) is 25.4 Å². The molecule has 0 spiro atoms. The van der Waals surface area contributed by atoms with E-state index < -0.39 is 74.2 Å². The second kappa shape index (κ2) is 38.5. The van der Waals surface area contributed by atoms with Crippen molar-refractivity contribution in [1.82, 2.24) is 5.32 Å². The first-order valence-electron chi connectivity index (χ1n) is 24.6. The molecule has 1 aliphatic heterocycles. The summed E-state index contributed by atoms with van der Waals surface area (Å²) in [6.45, 7) is 3.42. The first-order valence-corrected chi connectivity index (χ1v) is 24.6. The number of unbranched alkanes of at least 4 members (excludes halogenated alkanes) is 27. The van der Waals surface area contributed by atoms with Gasteiger partial charge in [-0.3, -0.25) is 4.79 Å². The van der Waals surface area contributed by atoms with Crippen molar-refractivity contribution >= 4 is 5.91 Å². The first-order chi connectivity index (χ1) is 28.7. The van der Waals surface area contributed by atoms with Crippen molar-refractivity contribution in [2.45, 2.75) is 274 Å². The third-order valence-electron chi connectivity index (χ3n) is 12.1. The molecule has 8 N–H and O–H groups in total. The van der Waals surface area contributed by atoms with Gasteiger partial charge in [0.25, 0.3) is 0 Å². The summed E-state index contributed by atoms with van der Waals surface area (Å²) >= 11 is 0. The molecule has 350 valence electrons. The minimum absolute atomic E-state index is 0.262. The Morgan fingerprint density at radius 2 is 0.983 bits per heavy atom. The zero-order valence-corrected chi connectivity index (χ0v) is 37.7. The van der Waals surface area contributed by atoms with E-state index in [1.54, 1.807) is 0 Å². The maximum atomic E-state index is 13.1. The van der Waals surface area contributed by atoms with Crippen LogP contribution >= 0.6 is 0 Å². The van der Waals surface area contributed by atoms with Crippen LogP contribution < -0.4 is 5.32 Å². The first kappa shape index (κ1) is 55.9. The van der Waals surface area contributed by atoms with Gasteiger partial charge < -0.3 is 50.5 Å². The lowest BCUT2D eigenvalue weighted by molar-refractivity contribution is -0.303. The Labute approximate surface area is 360 Å². The van der Waals surface area contributed by atoms with E-state index in [4.69, 9.17) is 9.47 Å². The number of aliphatic hydroxyl groups excluding tert-OH is 7. The van der Waals surface area contributed by atoms with Gasteiger partial charge in [0.2, 0.25) is 5.91 Å². The minimum Gasteiger partial charge on any atom is -0.394 e. The number of hydrogen-bond donors (Lipinski definition) is 8. The summed E-state index contributed by atoms with van der Waals surface area (Å²) in [5.74, 6) is -0.698. The number of carbonyl (C=O) groups is 1. The Kier molecular flexibility index (Phi) is 36.5.